The van der Waals surface area contributed by atoms with Crippen molar-refractivity contribution in [1.29, 1.82) is 0 Å². The van der Waals surface area contributed by atoms with Gasteiger partial charge in [-0.1, -0.05) is 6.07 Å². The lowest BCUT2D eigenvalue weighted by atomic mass is 9.99. The summed E-state index contributed by atoms with van der Waals surface area (Å²) in [5.41, 5.74) is 0.206. The van der Waals surface area contributed by atoms with Crippen LogP contribution in [0.25, 0.3) is 0 Å². The van der Waals surface area contributed by atoms with Crippen molar-refractivity contribution in [2.45, 2.75) is 68.0 Å². The van der Waals surface area contributed by atoms with E-state index in [1.807, 2.05) is 0 Å². The van der Waals surface area contributed by atoms with Gasteiger partial charge in [-0.15, -0.1) is 0 Å². The fraction of sp³-hybridized carbons (Fsp3) is 0.500. The summed E-state index contributed by atoms with van der Waals surface area (Å²) in [5.74, 6) is -2.29. The Bertz CT molecular complexity index is 1220. The quantitative estimate of drug-likeness (QED) is 0.127. The first-order valence-corrected chi connectivity index (χ1v) is 12.7. The third-order valence-corrected chi connectivity index (χ3v) is 6.77. The lowest BCUT2D eigenvalue weighted by molar-refractivity contribution is -0.277. The third kappa shape index (κ3) is 6.68. The van der Waals surface area contributed by atoms with Gasteiger partial charge in [0.2, 0.25) is 12.6 Å². The van der Waals surface area contributed by atoms with Crippen molar-refractivity contribution in [3.63, 3.8) is 0 Å². The van der Waals surface area contributed by atoms with Crippen LogP contribution in [0.3, 0.4) is 0 Å². The van der Waals surface area contributed by atoms with Gasteiger partial charge in [0, 0.05) is 0 Å². The largest absolute Gasteiger partial charge is 0.504 e. The highest BCUT2D eigenvalue weighted by Gasteiger charge is 2.46. The molecule has 2 aromatic rings. The van der Waals surface area contributed by atoms with Crippen molar-refractivity contribution in [3.8, 4) is 23.0 Å². The fourth-order valence-electron chi connectivity index (χ4n) is 4.30. The maximum atomic E-state index is 12.7. The first-order valence-electron chi connectivity index (χ1n) is 12.7. The Kier molecular flexibility index (Phi) is 10.1. The number of esters is 1. The van der Waals surface area contributed by atoms with E-state index in [9.17, 15) is 55.9 Å². The number of aliphatic hydroxyl groups excluding tert-OH is 8. The molecule has 2 aliphatic heterocycles. The first kappa shape index (κ1) is 31.6. The minimum atomic E-state index is -1.75. The smallest absolute Gasteiger partial charge is 0.338 e. The van der Waals surface area contributed by atoms with Crippen LogP contribution in [0.1, 0.15) is 15.9 Å². The summed E-state index contributed by atoms with van der Waals surface area (Å²) in [6.45, 7) is -1.69. The van der Waals surface area contributed by atoms with Gasteiger partial charge in [-0.05, 0) is 35.9 Å². The summed E-state index contributed by atoms with van der Waals surface area (Å²) in [6, 6.07) is 7.27. The van der Waals surface area contributed by atoms with E-state index in [4.69, 9.17) is 23.7 Å². The predicted octanol–water partition coefficient (Wildman–Crippen LogP) is -3.19. The molecule has 2 aromatic carbocycles. The molecule has 0 saturated carbocycles. The summed E-state index contributed by atoms with van der Waals surface area (Å²) in [6.07, 6.45) is -15.6. The van der Waals surface area contributed by atoms with Gasteiger partial charge in [-0.25, -0.2) is 4.79 Å². The lowest BCUT2D eigenvalue weighted by Gasteiger charge is -2.39. The van der Waals surface area contributed by atoms with E-state index >= 15 is 0 Å². The average molecular weight is 601 g/mol. The predicted molar refractivity (Wildman–Crippen MR) is 134 cm³/mol. The van der Waals surface area contributed by atoms with Crippen molar-refractivity contribution < 1.29 is 79.5 Å². The number of aromatic hydroxyl groups is 2. The van der Waals surface area contributed by atoms with Gasteiger partial charge in [-0.3, -0.25) is 0 Å². The number of phenols is 2. The van der Waals surface area contributed by atoms with Crippen LogP contribution >= 0.6 is 0 Å². The Labute approximate surface area is 237 Å². The second-order valence-corrected chi connectivity index (χ2v) is 9.69. The van der Waals surface area contributed by atoms with Gasteiger partial charge in [0.25, 0.3) is 0 Å². The molecule has 0 aromatic heterocycles. The fourth-order valence-corrected chi connectivity index (χ4v) is 4.30. The summed E-state index contributed by atoms with van der Waals surface area (Å²) in [4.78, 5) is 12.7. The highest BCUT2D eigenvalue weighted by Crippen LogP contribution is 2.33. The zero-order valence-electron chi connectivity index (χ0n) is 21.8. The maximum Gasteiger partial charge on any atom is 0.338 e. The molecule has 2 aliphatic rings. The SMILES string of the molecule is O=C(OCc1ccc(O[C@@H]2O[C@H](CO)[C@@H](O)[C@H](O)[C@H]2O)c(O)c1)c1ccc(O)c(O[C@H]2O[C@@H](CO)[C@H](O)[C@@H](O)[C@@H]2O)c1. The summed E-state index contributed by atoms with van der Waals surface area (Å²) >= 11 is 0. The maximum absolute atomic E-state index is 12.7. The van der Waals surface area contributed by atoms with Gasteiger partial charge in [-0.2, -0.15) is 0 Å². The average Bonchev–Trinajstić information content (AvgIpc) is 2.98. The molecule has 10 atom stereocenters. The molecule has 2 heterocycles. The minimum Gasteiger partial charge on any atom is -0.504 e. The molecule has 2 fully saturated rings. The van der Waals surface area contributed by atoms with E-state index in [1.165, 1.54) is 24.3 Å². The Morgan fingerprint density at radius 3 is 1.74 bits per heavy atom. The summed E-state index contributed by atoms with van der Waals surface area (Å²) in [7, 11) is 0. The molecule has 232 valence electrons. The molecule has 16 nitrogen and oxygen atoms in total. The Morgan fingerprint density at radius 2 is 1.21 bits per heavy atom. The number of hydrogen-bond acceptors (Lipinski definition) is 16. The van der Waals surface area contributed by atoms with E-state index in [2.05, 4.69) is 0 Å². The standard InChI is InChI=1S/C26H32O16/c27-7-16-18(31)20(33)22(35)25(41-16)39-14-4-1-10(5-13(14)30)9-38-24(37)11-2-3-12(29)15(6-11)40-26-23(36)21(34)19(32)17(8-28)42-26/h1-6,16-23,25-36H,7-9H2/t16-,17+,18-,19+,20+,21-,22-,23+,25-,26+/m1/s1. The molecule has 0 aliphatic carbocycles. The van der Waals surface area contributed by atoms with E-state index in [0.29, 0.717) is 5.56 Å². The van der Waals surface area contributed by atoms with Crippen molar-refractivity contribution in [1.82, 2.24) is 0 Å². The number of carbonyl (C=O) groups excluding carboxylic acids is 1. The van der Waals surface area contributed by atoms with E-state index in [0.717, 1.165) is 12.1 Å². The second-order valence-electron chi connectivity index (χ2n) is 9.69. The van der Waals surface area contributed by atoms with Gasteiger partial charge < -0.3 is 74.7 Å². The second kappa shape index (κ2) is 13.3. The highest BCUT2D eigenvalue weighted by molar-refractivity contribution is 5.90. The van der Waals surface area contributed by atoms with Gasteiger partial charge in [0.1, 0.15) is 55.4 Å². The van der Waals surface area contributed by atoms with Gasteiger partial charge in [0.15, 0.2) is 23.0 Å². The van der Waals surface area contributed by atoms with E-state index in [-0.39, 0.29) is 23.7 Å². The normalized spacial score (nSPS) is 33.1. The summed E-state index contributed by atoms with van der Waals surface area (Å²) < 4.78 is 26.5. The van der Waals surface area contributed by atoms with Crippen LogP contribution < -0.4 is 9.47 Å². The number of rotatable bonds is 9. The monoisotopic (exact) mass is 600 g/mol. The number of carbonyl (C=O) groups is 1. The Hall–Kier alpha value is -3.29. The minimum absolute atomic E-state index is 0.0980. The van der Waals surface area contributed by atoms with Gasteiger partial charge in [0.05, 0.1) is 18.8 Å². The van der Waals surface area contributed by atoms with Crippen LogP contribution in [0, 0.1) is 0 Å². The van der Waals surface area contributed by atoms with Gasteiger partial charge >= 0.3 is 5.97 Å². The Morgan fingerprint density at radius 1 is 0.667 bits per heavy atom. The molecule has 0 radical (unpaired) electrons. The summed E-state index contributed by atoms with van der Waals surface area (Å²) in [5, 5.41) is 99.0. The zero-order valence-corrected chi connectivity index (χ0v) is 21.8. The van der Waals surface area contributed by atoms with Crippen molar-refractivity contribution in [2.75, 3.05) is 13.2 Å². The molecule has 0 bridgehead atoms. The van der Waals surface area contributed by atoms with Crippen LogP contribution in [-0.4, -0.2) is 132 Å². The number of phenolic OH excluding ortho intramolecular Hbond substituents is 2. The molecular formula is C26H32O16. The topological polar surface area (TPSA) is 266 Å². The molecule has 10 N–H and O–H groups in total. The third-order valence-electron chi connectivity index (χ3n) is 6.77. The zero-order chi connectivity index (χ0) is 30.7. The van der Waals surface area contributed by atoms with Crippen LogP contribution in [0.5, 0.6) is 23.0 Å². The van der Waals surface area contributed by atoms with Crippen molar-refractivity contribution in [2.24, 2.45) is 0 Å². The molecule has 4 rings (SSSR count). The van der Waals surface area contributed by atoms with Crippen LogP contribution in [0.15, 0.2) is 36.4 Å². The lowest BCUT2D eigenvalue weighted by Crippen LogP contribution is -2.60. The molecule has 0 amide bonds. The highest BCUT2D eigenvalue weighted by atomic mass is 16.7. The molecule has 16 heteroatoms. The molecule has 2 saturated heterocycles. The van der Waals surface area contributed by atoms with E-state index in [1.54, 1.807) is 0 Å². The van der Waals surface area contributed by atoms with Crippen LogP contribution in [0.2, 0.25) is 0 Å². The molecule has 42 heavy (non-hydrogen) atoms. The van der Waals surface area contributed by atoms with Crippen LogP contribution in [-0.2, 0) is 20.8 Å². The number of benzene rings is 2. The Balaban J connectivity index is 1.38. The van der Waals surface area contributed by atoms with Crippen molar-refractivity contribution >= 4 is 5.97 Å². The first-order chi connectivity index (χ1) is 19.9. The van der Waals surface area contributed by atoms with Crippen LogP contribution in [0.4, 0.5) is 0 Å². The molecular weight excluding hydrogens is 568 g/mol. The van der Waals surface area contributed by atoms with Crippen molar-refractivity contribution in [3.05, 3.63) is 47.5 Å². The molecule has 0 spiro atoms. The van der Waals surface area contributed by atoms with E-state index < -0.39 is 92.1 Å². The molecule has 0 unspecified atom stereocenters. The number of ether oxygens (including phenoxy) is 5. The number of hydrogen-bond donors (Lipinski definition) is 10. The number of aliphatic hydroxyl groups is 8.